The zero-order valence-electron chi connectivity index (χ0n) is 14.6. The first-order chi connectivity index (χ1) is 12.2. The van der Waals surface area contributed by atoms with Gasteiger partial charge in [-0.1, -0.05) is 6.07 Å². The van der Waals surface area contributed by atoms with E-state index in [0.29, 0.717) is 11.8 Å². The molecular weight excluding hydrogens is 332 g/mol. The summed E-state index contributed by atoms with van der Waals surface area (Å²) in [6, 6.07) is 12.5. The van der Waals surface area contributed by atoms with Gasteiger partial charge in [-0.2, -0.15) is 0 Å². The van der Waals surface area contributed by atoms with Gasteiger partial charge in [0.2, 0.25) is 11.8 Å². The molecule has 0 radical (unpaired) electrons. The quantitative estimate of drug-likeness (QED) is 0.696. The molecule has 5 nitrogen and oxygen atoms in total. The second-order valence-corrected chi connectivity index (χ2v) is 7.72. The normalized spacial score (nSPS) is 17.9. The van der Waals surface area contributed by atoms with Crippen LogP contribution >= 0.6 is 11.3 Å². The molecule has 1 aliphatic rings. The summed E-state index contributed by atoms with van der Waals surface area (Å²) in [7, 11) is 4.06. The Morgan fingerprint density at radius 3 is 2.76 bits per heavy atom. The zero-order chi connectivity index (χ0) is 17.2. The minimum Gasteiger partial charge on any atom is -0.420 e. The first-order valence-electron chi connectivity index (χ1n) is 8.55. The Labute approximate surface area is 151 Å². The summed E-state index contributed by atoms with van der Waals surface area (Å²) in [5, 5.41) is 10.7. The molecule has 0 amide bonds. The largest absolute Gasteiger partial charge is 0.420 e. The van der Waals surface area contributed by atoms with E-state index in [9.17, 15) is 0 Å². The molecule has 3 heterocycles. The predicted octanol–water partition coefficient (Wildman–Crippen LogP) is 3.85. The number of hydrogen-bond acceptors (Lipinski definition) is 6. The van der Waals surface area contributed by atoms with Crippen LogP contribution < -0.4 is 4.90 Å². The van der Waals surface area contributed by atoms with Gasteiger partial charge in [0.15, 0.2) is 0 Å². The van der Waals surface area contributed by atoms with Gasteiger partial charge in [0, 0.05) is 43.3 Å². The van der Waals surface area contributed by atoms with Crippen LogP contribution in [0.1, 0.15) is 23.1 Å². The Morgan fingerprint density at radius 1 is 1.20 bits per heavy atom. The first-order valence-corrected chi connectivity index (χ1v) is 9.43. The highest BCUT2D eigenvalue weighted by molar-refractivity contribution is 7.09. The van der Waals surface area contributed by atoms with Crippen LogP contribution in [0.5, 0.6) is 0 Å². The van der Waals surface area contributed by atoms with Crippen LogP contribution in [-0.4, -0.2) is 42.3 Å². The number of hydrogen-bond donors (Lipinski definition) is 0. The average molecular weight is 354 g/mol. The molecule has 6 heteroatoms. The summed E-state index contributed by atoms with van der Waals surface area (Å²) < 4.78 is 5.98. The molecule has 0 unspecified atom stereocenters. The zero-order valence-corrected chi connectivity index (χ0v) is 15.4. The lowest BCUT2D eigenvalue weighted by Crippen LogP contribution is -2.19. The van der Waals surface area contributed by atoms with Gasteiger partial charge in [-0.05, 0) is 48.7 Å². The number of benzene rings is 1. The van der Waals surface area contributed by atoms with Gasteiger partial charge in [0.05, 0.1) is 5.92 Å². The van der Waals surface area contributed by atoms with Crippen LogP contribution in [0.4, 0.5) is 5.69 Å². The molecule has 0 N–H and O–H groups in total. The molecule has 4 rings (SSSR count). The van der Waals surface area contributed by atoms with Gasteiger partial charge in [0.1, 0.15) is 0 Å². The van der Waals surface area contributed by atoms with Gasteiger partial charge < -0.3 is 9.32 Å². The van der Waals surface area contributed by atoms with Crippen LogP contribution in [0, 0.1) is 0 Å². The van der Waals surface area contributed by atoms with Crippen LogP contribution in [-0.2, 0) is 6.54 Å². The number of likely N-dealkylation sites (tertiary alicyclic amines) is 1. The lowest BCUT2D eigenvalue weighted by atomic mass is 10.1. The van der Waals surface area contributed by atoms with E-state index in [1.54, 1.807) is 0 Å². The molecule has 1 aliphatic heterocycles. The predicted molar refractivity (Wildman–Crippen MR) is 101 cm³/mol. The molecular formula is C19H22N4OS. The minimum absolute atomic E-state index is 0.335. The molecule has 0 spiro atoms. The molecule has 1 atom stereocenters. The van der Waals surface area contributed by atoms with Crippen LogP contribution in [0.3, 0.4) is 0 Å². The van der Waals surface area contributed by atoms with E-state index in [1.165, 1.54) is 4.88 Å². The highest BCUT2D eigenvalue weighted by atomic mass is 32.1. The Morgan fingerprint density at radius 2 is 2.04 bits per heavy atom. The van der Waals surface area contributed by atoms with Crippen molar-refractivity contribution < 1.29 is 4.42 Å². The van der Waals surface area contributed by atoms with Crippen LogP contribution in [0.15, 0.2) is 46.2 Å². The van der Waals surface area contributed by atoms with Gasteiger partial charge in [-0.25, -0.2) is 0 Å². The third-order valence-corrected chi connectivity index (χ3v) is 5.51. The van der Waals surface area contributed by atoms with Crippen molar-refractivity contribution in [2.24, 2.45) is 0 Å². The molecule has 130 valence electrons. The maximum atomic E-state index is 5.98. The Kier molecular flexibility index (Phi) is 4.55. The van der Waals surface area contributed by atoms with Crippen molar-refractivity contribution in [1.82, 2.24) is 15.1 Å². The van der Waals surface area contributed by atoms with E-state index in [2.05, 4.69) is 49.6 Å². The van der Waals surface area contributed by atoms with Gasteiger partial charge in [-0.15, -0.1) is 21.5 Å². The van der Waals surface area contributed by atoms with E-state index in [0.717, 1.165) is 43.2 Å². The van der Waals surface area contributed by atoms with Gasteiger partial charge >= 0.3 is 0 Å². The summed E-state index contributed by atoms with van der Waals surface area (Å²) in [4.78, 5) is 5.95. The molecule has 25 heavy (non-hydrogen) atoms. The highest BCUT2D eigenvalue weighted by Crippen LogP contribution is 2.30. The van der Waals surface area contributed by atoms with Crippen molar-refractivity contribution in [2.75, 3.05) is 32.1 Å². The molecule has 0 bridgehead atoms. The van der Waals surface area contributed by atoms with Crippen molar-refractivity contribution in [3.8, 4) is 11.5 Å². The fourth-order valence-electron chi connectivity index (χ4n) is 3.22. The Hall–Kier alpha value is -2.18. The number of thiophene rings is 1. The topological polar surface area (TPSA) is 45.4 Å². The third kappa shape index (κ3) is 3.60. The number of rotatable bonds is 5. The number of anilines is 1. The summed E-state index contributed by atoms with van der Waals surface area (Å²) in [5.74, 6) is 1.71. The summed E-state index contributed by atoms with van der Waals surface area (Å²) in [6.45, 7) is 3.08. The standard InChI is InChI=1S/C19H22N4OS/c1-22(2)16-7-5-14(6-8-16)18-20-21-19(24-18)15-9-10-23(12-15)13-17-4-3-11-25-17/h3-8,11,15H,9-10,12-13H2,1-2H3/t15-/m0/s1. The molecule has 0 saturated carbocycles. The fraction of sp³-hybridized carbons (Fsp3) is 0.368. The SMILES string of the molecule is CN(C)c1ccc(-c2nnc([C@H]3CCN(Cc4cccs4)C3)o2)cc1. The van der Waals surface area contributed by atoms with Crippen molar-refractivity contribution in [1.29, 1.82) is 0 Å². The van der Waals surface area contributed by atoms with E-state index < -0.39 is 0 Å². The van der Waals surface area contributed by atoms with Crippen LogP contribution in [0.25, 0.3) is 11.5 Å². The van der Waals surface area contributed by atoms with E-state index in [1.807, 2.05) is 37.6 Å². The molecule has 1 aromatic carbocycles. The maximum absolute atomic E-state index is 5.98. The van der Waals surface area contributed by atoms with E-state index in [4.69, 9.17) is 4.42 Å². The van der Waals surface area contributed by atoms with Gasteiger partial charge in [-0.3, -0.25) is 4.90 Å². The van der Waals surface area contributed by atoms with Crippen molar-refractivity contribution in [3.05, 3.63) is 52.5 Å². The molecule has 2 aromatic heterocycles. The third-order valence-electron chi connectivity index (χ3n) is 4.65. The van der Waals surface area contributed by atoms with Crippen molar-refractivity contribution >= 4 is 17.0 Å². The van der Waals surface area contributed by atoms with Crippen LogP contribution in [0.2, 0.25) is 0 Å². The molecule has 0 aliphatic carbocycles. The van der Waals surface area contributed by atoms with Crippen molar-refractivity contribution in [3.63, 3.8) is 0 Å². The Balaban J connectivity index is 1.43. The molecule has 3 aromatic rings. The van der Waals surface area contributed by atoms with E-state index >= 15 is 0 Å². The van der Waals surface area contributed by atoms with Crippen molar-refractivity contribution in [2.45, 2.75) is 18.9 Å². The average Bonchev–Trinajstić information content (AvgIpc) is 3.37. The second-order valence-electron chi connectivity index (χ2n) is 6.69. The maximum Gasteiger partial charge on any atom is 0.247 e. The summed E-state index contributed by atoms with van der Waals surface area (Å²) >= 11 is 1.81. The minimum atomic E-state index is 0.335. The number of aromatic nitrogens is 2. The monoisotopic (exact) mass is 354 g/mol. The molecule has 1 saturated heterocycles. The lowest BCUT2D eigenvalue weighted by Gasteiger charge is -2.13. The summed E-state index contributed by atoms with van der Waals surface area (Å²) in [6.07, 6.45) is 1.08. The lowest BCUT2D eigenvalue weighted by molar-refractivity contribution is 0.323. The van der Waals surface area contributed by atoms with E-state index in [-0.39, 0.29) is 0 Å². The smallest absolute Gasteiger partial charge is 0.247 e. The fourth-order valence-corrected chi connectivity index (χ4v) is 3.97. The molecule has 1 fully saturated rings. The van der Waals surface area contributed by atoms with Gasteiger partial charge in [0.25, 0.3) is 0 Å². The highest BCUT2D eigenvalue weighted by Gasteiger charge is 2.28. The first kappa shape index (κ1) is 16.3. The number of nitrogens with zero attached hydrogens (tertiary/aromatic N) is 4. The second kappa shape index (κ2) is 6.98. The summed E-state index contributed by atoms with van der Waals surface area (Å²) in [5.41, 5.74) is 2.13. The Bertz CT molecular complexity index is 810.